The van der Waals surface area contributed by atoms with E-state index in [1.165, 1.54) is 35.0 Å². The van der Waals surface area contributed by atoms with Crippen LogP contribution >= 0.6 is 11.8 Å². The van der Waals surface area contributed by atoms with Crippen LogP contribution in [0.1, 0.15) is 11.1 Å². The lowest BCUT2D eigenvalue weighted by atomic mass is 10.1. The second-order valence-electron chi connectivity index (χ2n) is 7.25. The fourth-order valence-electron chi connectivity index (χ4n) is 3.38. The number of halogens is 1. The fraction of sp³-hybridized carbons (Fsp3) is 0.318. The molecular weight excluding hydrogens is 403 g/mol. The van der Waals surface area contributed by atoms with Crippen LogP contribution < -0.4 is 0 Å². The molecule has 1 aliphatic heterocycles. The van der Waals surface area contributed by atoms with Gasteiger partial charge >= 0.3 is 0 Å². The number of aromatic nitrogens is 2. The number of carbonyl (C=O) groups excluding carboxylic acids is 1. The summed E-state index contributed by atoms with van der Waals surface area (Å²) in [4.78, 5) is 16.8. The van der Waals surface area contributed by atoms with Crippen molar-refractivity contribution in [3.8, 4) is 11.5 Å². The molecule has 30 heavy (non-hydrogen) atoms. The number of benzene rings is 2. The summed E-state index contributed by atoms with van der Waals surface area (Å²) < 4.78 is 18.6. The molecule has 1 saturated heterocycles. The van der Waals surface area contributed by atoms with Crippen LogP contribution in [0, 0.1) is 12.7 Å². The molecular formula is C22H23FN4O2S. The van der Waals surface area contributed by atoms with E-state index in [0.717, 1.165) is 32.7 Å². The average molecular weight is 427 g/mol. The maximum Gasteiger partial charge on any atom is 0.277 e. The van der Waals surface area contributed by atoms with Crippen LogP contribution in [-0.2, 0) is 11.3 Å². The van der Waals surface area contributed by atoms with E-state index in [1.54, 1.807) is 12.1 Å². The molecule has 0 radical (unpaired) electrons. The number of hydrogen-bond donors (Lipinski definition) is 0. The number of piperazine rings is 1. The summed E-state index contributed by atoms with van der Waals surface area (Å²) in [5, 5.41) is 8.28. The first kappa shape index (κ1) is 20.6. The molecule has 0 unspecified atom stereocenters. The SMILES string of the molecule is Cc1ccccc1CN1CCN(C(=O)CSc2nnc(-c3ccc(F)cc3)o2)CC1. The van der Waals surface area contributed by atoms with Crippen LogP contribution in [-0.4, -0.2) is 57.8 Å². The molecule has 1 aliphatic rings. The highest BCUT2D eigenvalue weighted by Crippen LogP contribution is 2.23. The van der Waals surface area contributed by atoms with Crippen LogP contribution in [0.15, 0.2) is 58.2 Å². The quantitative estimate of drug-likeness (QED) is 0.561. The van der Waals surface area contributed by atoms with Crippen LogP contribution in [0.4, 0.5) is 4.39 Å². The van der Waals surface area contributed by atoms with E-state index in [4.69, 9.17) is 4.42 Å². The summed E-state index contributed by atoms with van der Waals surface area (Å²) in [5.74, 6) is 0.312. The van der Waals surface area contributed by atoms with E-state index in [2.05, 4.69) is 46.3 Å². The Hall–Kier alpha value is -2.71. The summed E-state index contributed by atoms with van der Waals surface area (Å²) in [5.41, 5.74) is 3.28. The smallest absolute Gasteiger partial charge is 0.277 e. The van der Waals surface area contributed by atoms with Gasteiger partial charge in [0.2, 0.25) is 11.8 Å². The molecule has 1 amide bonds. The molecule has 1 fully saturated rings. The maximum absolute atomic E-state index is 13.0. The minimum Gasteiger partial charge on any atom is -0.411 e. The number of rotatable bonds is 6. The van der Waals surface area contributed by atoms with Gasteiger partial charge < -0.3 is 9.32 Å². The van der Waals surface area contributed by atoms with Crippen LogP contribution in [0.3, 0.4) is 0 Å². The third-order valence-corrected chi connectivity index (χ3v) is 6.00. The second-order valence-corrected chi connectivity index (χ2v) is 8.18. The van der Waals surface area contributed by atoms with Crippen molar-refractivity contribution in [2.75, 3.05) is 31.9 Å². The highest BCUT2D eigenvalue weighted by molar-refractivity contribution is 7.99. The third kappa shape index (κ3) is 5.06. The summed E-state index contributed by atoms with van der Waals surface area (Å²) in [6.07, 6.45) is 0. The number of amides is 1. The summed E-state index contributed by atoms with van der Waals surface area (Å²) >= 11 is 1.23. The van der Waals surface area contributed by atoms with Gasteiger partial charge in [0.1, 0.15) is 5.82 Å². The molecule has 4 rings (SSSR count). The minimum absolute atomic E-state index is 0.0667. The molecule has 8 heteroatoms. The number of nitrogens with zero attached hydrogens (tertiary/aromatic N) is 4. The van der Waals surface area contributed by atoms with Crippen LogP contribution in [0.2, 0.25) is 0 Å². The zero-order chi connectivity index (χ0) is 20.9. The lowest BCUT2D eigenvalue weighted by molar-refractivity contribution is -0.130. The summed E-state index contributed by atoms with van der Waals surface area (Å²) in [7, 11) is 0. The lowest BCUT2D eigenvalue weighted by Crippen LogP contribution is -2.48. The molecule has 0 spiro atoms. The second kappa shape index (κ2) is 9.40. The Morgan fingerprint density at radius 3 is 2.53 bits per heavy atom. The van der Waals surface area contributed by atoms with Crippen molar-refractivity contribution >= 4 is 17.7 Å². The van der Waals surface area contributed by atoms with Crippen molar-refractivity contribution in [2.24, 2.45) is 0 Å². The van der Waals surface area contributed by atoms with E-state index in [1.807, 2.05) is 4.90 Å². The maximum atomic E-state index is 13.0. The van der Waals surface area contributed by atoms with E-state index in [9.17, 15) is 9.18 Å². The molecule has 0 bridgehead atoms. The monoisotopic (exact) mass is 426 g/mol. The van der Waals surface area contributed by atoms with Gasteiger partial charge in [0, 0.05) is 38.3 Å². The van der Waals surface area contributed by atoms with Gasteiger partial charge in [-0.15, -0.1) is 10.2 Å². The zero-order valence-corrected chi connectivity index (χ0v) is 17.6. The van der Waals surface area contributed by atoms with Crippen molar-refractivity contribution in [2.45, 2.75) is 18.7 Å². The van der Waals surface area contributed by atoms with Gasteiger partial charge in [-0.1, -0.05) is 36.0 Å². The highest BCUT2D eigenvalue weighted by atomic mass is 32.2. The van der Waals surface area contributed by atoms with Crippen LogP contribution in [0.25, 0.3) is 11.5 Å². The van der Waals surface area contributed by atoms with Gasteiger partial charge in [-0.3, -0.25) is 9.69 Å². The Morgan fingerprint density at radius 1 is 1.07 bits per heavy atom. The third-order valence-electron chi connectivity index (χ3n) is 5.20. The van der Waals surface area contributed by atoms with Gasteiger partial charge in [0.05, 0.1) is 5.75 Å². The first-order valence-electron chi connectivity index (χ1n) is 9.85. The number of carbonyl (C=O) groups is 1. The highest BCUT2D eigenvalue weighted by Gasteiger charge is 2.22. The first-order valence-corrected chi connectivity index (χ1v) is 10.8. The first-order chi connectivity index (χ1) is 14.6. The molecule has 2 heterocycles. The van der Waals surface area contributed by atoms with Gasteiger partial charge in [0.15, 0.2) is 0 Å². The lowest BCUT2D eigenvalue weighted by Gasteiger charge is -2.35. The molecule has 156 valence electrons. The molecule has 6 nitrogen and oxygen atoms in total. The summed E-state index contributed by atoms with van der Waals surface area (Å²) in [6.45, 7) is 6.20. The Labute approximate surface area is 179 Å². The van der Waals surface area contributed by atoms with Crippen molar-refractivity contribution < 1.29 is 13.6 Å². The van der Waals surface area contributed by atoms with Crippen LogP contribution in [0.5, 0.6) is 0 Å². The van der Waals surface area contributed by atoms with Gasteiger partial charge in [-0.05, 0) is 42.3 Å². The molecule has 3 aromatic rings. The standard InChI is InChI=1S/C22H23FN4O2S/c1-16-4-2-3-5-18(16)14-26-10-12-27(13-11-26)20(28)15-30-22-25-24-21(29-22)17-6-8-19(23)9-7-17/h2-9H,10-15H2,1H3. The molecule has 1 aromatic heterocycles. The zero-order valence-electron chi connectivity index (χ0n) is 16.8. The molecule has 2 aromatic carbocycles. The summed E-state index contributed by atoms with van der Waals surface area (Å²) in [6, 6.07) is 14.3. The van der Waals surface area contributed by atoms with Gasteiger partial charge in [-0.2, -0.15) is 0 Å². The Balaban J connectivity index is 1.24. The number of hydrogen-bond acceptors (Lipinski definition) is 6. The Kier molecular flexibility index (Phi) is 6.44. The van der Waals surface area contributed by atoms with Crippen molar-refractivity contribution in [1.29, 1.82) is 0 Å². The predicted octanol–water partition coefficient (Wildman–Crippen LogP) is 3.62. The number of thioether (sulfide) groups is 1. The van der Waals surface area contributed by atoms with Crippen molar-refractivity contribution in [3.05, 3.63) is 65.5 Å². The molecule has 0 N–H and O–H groups in total. The van der Waals surface area contributed by atoms with Crippen molar-refractivity contribution in [1.82, 2.24) is 20.0 Å². The van der Waals surface area contributed by atoms with E-state index < -0.39 is 0 Å². The van der Waals surface area contributed by atoms with Crippen molar-refractivity contribution in [3.63, 3.8) is 0 Å². The van der Waals surface area contributed by atoms with E-state index in [-0.39, 0.29) is 17.5 Å². The fourth-order valence-corrected chi connectivity index (χ4v) is 4.04. The molecule has 0 saturated carbocycles. The van der Waals surface area contributed by atoms with E-state index >= 15 is 0 Å². The predicted molar refractivity (Wildman–Crippen MR) is 113 cm³/mol. The van der Waals surface area contributed by atoms with Gasteiger partial charge in [-0.25, -0.2) is 4.39 Å². The van der Waals surface area contributed by atoms with Gasteiger partial charge in [0.25, 0.3) is 5.22 Å². The molecule has 0 atom stereocenters. The average Bonchev–Trinajstić information content (AvgIpc) is 3.24. The normalized spacial score (nSPS) is 14.8. The number of aryl methyl sites for hydroxylation is 1. The Bertz CT molecular complexity index is 1000. The Morgan fingerprint density at radius 2 is 1.80 bits per heavy atom. The minimum atomic E-state index is -0.322. The van der Waals surface area contributed by atoms with E-state index in [0.29, 0.717) is 16.7 Å². The topological polar surface area (TPSA) is 62.5 Å². The molecule has 0 aliphatic carbocycles. The largest absolute Gasteiger partial charge is 0.411 e.